The summed E-state index contributed by atoms with van der Waals surface area (Å²) < 4.78 is 5.45. The summed E-state index contributed by atoms with van der Waals surface area (Å²) in [5, 5.41) is 0. The van der Waals surface area contributed by atoms with Crippen molar-refractivity contribution in [3.8, 4) is 0 Å². The van der Waals surface area contributed by atoms with Crippen molar-refractivity contribution >= 4 is 12.0 Å². The molecule has 2 aliphatic carbocycles. The average Bonchev–Trinajstić information content (AvgIpc) is 2.99. The first-order chi connectivity index (χ1) is 11.0. The molecule has 3 fully saturated rings. The Balaban J connectivity index is 1.62. The van der Waals surface area contributed by atoms with Crippen molar-refractivity contribution in [2.24, 2.45) is 11.1 Å². The van der Waals surface area contributed by atoms with Crippen molar-refractivity contribution in [2.45, 2.75) is 77.0 Å². The van der Waals surface area contributed by atoms with E-state index in [1.165, 1.54) is 0 Å². The average molecular weight is 337 g/mol. The molecule has 3 rings (SSSR count). The van der Waals surface area contributed by atoms with Crippen LogP contribution in [-0.4, -0.2) is 58.6 Å². The molecule has 1 atom stereocenters. The van der Waals surface area contributed by atoms with Gasteiger partial charge in [-0.05, 0) is 59.8 Å². The molecule has 0 unspecified atom stereocenters. The first-order valence-electron chi connectivity index (χ1n) is 9.12. The molecule has 136 valence electrons. The Morgan fingerprint density at radius 2 is 1.75 bits per heavy atom. The van der Waals surface area contributed by atoms with Gasteiger partial charge >= 0.3 is 6.09 Å². The van der Waals surface area contributed by atoms with Crippen molar-refractivity contribution in [3.05, 3.63) is 0 Å². The summed E-state index contributed by atoms with van der Waals surface area (Å²) in [6, 6.07) is 0.0153. The third-order valence-electron chi connectivity index (χ3n) is 5.89. The fourth-order valence-corrected chi connectivity index (χ4v) is 4.60. The lowest BCUT2D eigenvalue weighted by atomic mass is 9.82. The van der Waals surface area contributed by atoms with Gasteiger partial charge in [-0.15, -0.1) is 0 Å². The fourth-order valence-electron chi connectivity index (χ4n) is 4.60. The second-order valence-electron chi connectivity index (χ2n) is 9.09. The van der Waals surface area contributed by atoms with Crippen LogP contribution in [0.5, 0.6) is 0 Å². The predicted molar refractivity (Wildman–Crippen MR) is 91.4 cm³/mol. The predicted octanol–water partition coefficient (Wildman–Crippen LogP) is 2.12. The lowest BCUT2D eigenvalue weighted by molar-refractivity contribution is -0.146. The zero-order valence-corrected chi connectivity index (χ0v) is 15.4. The molecule has 0 aromatic heterocycles. The van der Waals surface area contributed by atoms with E-state index in [0.717, 1.165) is 32.1 Å². The Labute approximate surface area is 144 Å². The highest BCUT2D eigenvalue weighted by molar-refractivity contribution is 5.84. The topological polar surface area (TPSA) is 75.9 Å². The molecule has 2 bridgehead atoms. The van der Waals surface area contributed by atoms with E-state index < -0.39 is 5.60 Å². The molecule has 2 amide bonds. The van der Waals surface area contributed by atoms with Crippen molar-refractivity contribution in [1.29, 1.82) is 0 Å². The van der Waals surface area contributed by atoms with Gasteiger partial charge < -0.3 is 20.3 Å². The van der Waals surface area contributed by atoms with Crippen LogP contribution in [0.15, 0.2) is 0 Å². The molecule has 0 spiro atoms. The van der Waals surface area contributed by atoms with Gasteiger partial charge in [0.25, 0.3) is 0 Å². The first kappa shape index (κ1) is 17.5. The number of amides is 2. The fraction of sp³-hybridized carbons (Fsp3) is 0.889. The smallest absolute Gasteiger partial charge is 0.410 e. The number of carbonyl (C=O) groups excluding carboxylic acids is 2. The van der Waals surface area contributed by atoms with E-state index in [2.05, 4.69) is 0 Å². The Kier molecular flexibility index (Phi) is 4.10. The number of carbonyl (C=O) groups is 2. The summed E-state index contributed by atoms with van der Waals surface area (Å²) in [5.74, 6) is 0.253. The summed E-state index contributed by atoms with van der Waals surface area (Å²) in [6.45, 7) is 9.27. The van der Waals surface area contributed by atoms with Gasteiger partial charge in [-0.3, -0.25) is 4.79 Å². The van der Waals surface area contributed by atoms with Gasteiger partial charge in [0.05, 0.1) is 5.41 Å². The molecule has 0 aromatic carbocycles. The highest BCUT2D eigenvalue weighted by atomic mass is 16.6. The number of hydrogen-bond acceptors (Lipinski definition) is 4. The van der Waals surface area contributed by atoms with Crippen molar-refractivity contribution in [1.82, 2.24) is 9.80 Å². The van der Waals surface area contributed by atoms with E-state index in [-0.39, 0.29) is 29.0 Å². The van der Waals surface area contributed by atoms with Crippen LogP contribution in [0.25, 0.3) is 0 Å². The molecule has 2 N–H and O–H groups in total. The summed E-state index contributed by atoms with van der Waals surface area (Å²) in [7, 11) is 0. The molecule has 3 aliphatic rings. The number of nitrogens with two attached hydrogens (primary N) is 1. The van der Waals surface area contributed by atoms with E-state index in [1.54, 1.807) is 4.90 Å². The Morgan fingerprint density at radius 1 is 1.12 bits per heavy atom. The maximum Gasteiger partial charge on any atom is 0.410 e. The molecule has 2 saturated carbocycles. The van der Waals surface area contributed by atoms with Crippen LogP contribution in [0.4, 0.5) is 4.79 Å². The van der Waals surface area contributed by atoms with Gasteiger partial charge in [0, 0.05) is 31.2 Å². The SMILES string of the molecule is C[C@@H]1CN(C(=O)OC(C)(C)C)CCN1C(=O)C12CCC(N)(CC1)C2. The number of hydrogen-bond donors (Lipinski definition) is 1. The second-order valence-corrected chi connectivity index (χ2v) is 9.09. The zero-order valence-electron chi connectivity index (χ0n) is 15.4. The minimum absolute atomic E-state index is 0.0153. The summed E-state index contributed by atoms with van der Waals surface area (Å²) in [5.41, 5.74) is 5.52. The summed E-state index contributed by atoms with van der Waals surface area (Å²) >= 11 is 0. The van der Waals surface area contributed by atoms with Crippen molar-refractivity contribution in [3.63, 3.8) is 0 Å². The normalized spacial score (nSPS) is 36.1. The number of ether oxygens (including phenoxy) is 1. The van der Waals surface area contributed by atoms with Crippen LogP contribution in [0.3, 0.4) is 0 Å². The van der Waals surface area contributed by atoms with Crippen LogP contribution < -0.4 is 5.73 Å². The molecule has 0 radical (unpaired) electrons. The third-order valence-corrected chi connectivity index (χ3v) is 5.89. The second kappa shape index (κ2) is 5.61. The molecule has 6 heteroatoms. The highest BCUT2D eigenvalue weighted by Gasteiger charge is 2.57. The maximum absolute atomic E-state index is 13.2. The number of fused-ring (bicyclic) bond motifs is 2. The maximum atomic E-state index is 13.2. The van der Waals surface area contributed by atoms with Crippen LogP contribution in [-0.2, 0) is 9.53 Å². The standard InChI is InChI=1S/C18H31N3O3/c1-13-11-20(15(23)24-16(2,3)4)9-10-21(13)14(22)17-5-7-18(19,12-17)8-6-17/h13H,5-12,19H2,1-4H3/t13-,17?,18?/m1/s1. The molecule has 24 heavy (non-hydrogen) atoms. The Morgan fingerprint density at radius 3 is 2.21 bits per heavy atom. The van der Waals surface area contributed by atoms with Crippen molar-refractivity contribution < 1.29 is 14.3 Å². The molecular weight excluding hydrogens is 306 g/mol. The van der Waals surface area contributed by atoms with E-state index in [4.69, 9.17) is 10.5 Å². The molecule has 1 heterocycles. The quantitative estimate of drug-likeness (QED) is 0.795. The minimum Gasteiger partial charge on any atom is -0.444 e. The molecule has 1 aliphatic heterocycles. The summed E-state index contributed by atoms with van der Waals surface area (Å²) in [4.78, 5) is 29.1. The van der Waals surface area contributed by atoms with Gasteiger partial charge in [0.15, 0.2) is 0 Å². The molecule has 1 saturated heterocycles. The Bertz CT molecular complexity index is 532. The first-order valence-corrected chi connectivity index (χ1v) is 9.12. The lowest BCUT2D eigenvalue weighted by Crippen LogP contribution is -2.58. The van der Waals surface area contributed by atoms with E-state index in [9.17, 15) is 9.59 Å². The van der Waals surface area contributed by atoms with E-state index in [0.29, 0.717) is 19.6 Å². The monoisotopic (exact) mass is 337 g/mol. The van der Waals surface area contributed by atoms with Gasteiger partial charge in [-0.1, -0.05) is 0 Å². The van der Waals surface area contributed by atoms with E-state index in [1.807, 2.05) is 32.6 Å². The van der Waals surface area contributed by atoms with Gasteiger partial charge in [-0.2, -0.15) is 0 Å². The van der Waals surface area contributed by atoms with Gasteiger partial charge in [0.1, 0.15) is 5.60 Å². The molecule has 0 aromatic rings. The third kappa shape index (κ3) is 3.13. The minimum atomic E-state index is -0.496. The van der Waals surface area contributed by atoms with Crippen LogP contribution in [0, 0.1) is 5.41 Å². The molecular formula is C18H31N3O3. The van der Waals surface area contributed by atoms with Crippen LogP contribution >= 0.6 is 0 Å². The number of rotatable bonds is 1. The van der Waals surface area contributed by atoms with Gasteiger partial charge in [0.2, 0.25) is 5.91 Å². The lowest BCUT2D eigenvalue weighted by Gasteiger charge is -2.43. The highest BCUT2D eigenvalue weighted by Crippen LogP contribution is 2.56. The zero-order chi connectivity index (χ0) is 17.8. The van der Waals surface area contributed by atoms with Crippen LogP contribution in [0.2, 0.25) is 0 Å². The van der Waals surface area contributed by atoms with Crippen molar-refractivity contribution in [2.75, 3.05) is 19.6 Å². The molecule has 6 nitrogen and oxygen atoms in total. The number of nitrogens with zero attached hydrogens (tertiary/aromatic N) is 2. The van der Waals surface area contributed by atoms with E-state index >= 15 is 0 Å². The number of piperazine rings is 1. The van der Waals surface area contributed by atoms with Gasteiger partial charge in [-0.25, -0.2) is 4.79 Å². The van der Waals surface area contributed by atoms with Crippen LogP contribution in [0.1, 0.15) is 59.8 Å². The summed E-state index contributed by atoms with van der Waals surface area (Å²) in [6.07, 6.45) is 4.30. The largest absolute Gasteiger partial charge is 0.444 e. The Hall–Kier alpha value is -1.30.